The maximum Gasteiger partial charge on any atom is 0.193 e. The van der Waals surface area contributed by atoms with E-state index in [0.717, 1.165) is 69.3 Å². The zero-order chi connectivity index (χ0) is 18.9. The Morgan fingerprint density at radius 3 is 2.74 bits per heavy atom. The maximum atomic E-state index is 6.10. The number of rotatable bonds is 7. The second-order valence-corrected chi connectivity index (χ2v) is 6.98. The molecule has 1 aliphatic heterocycles. The molecule has 1 aromatic heterocycles. The lowest BCUT2D eigenvalue weighted by Crippen LogP contribution is -2.47. The van der Waals surface area contributed by atoms with Crippen LogP contribution < -0.4 is 10.1 Å². The van der Waals surface area contributed by atoms with Gasteiger partial charge in [0.1, 0.15) is 11.9 Å². The molecule has 1 aromatic carbocycles. The molecular formula is C21H31N5O. The molecule has 1 aliphatic rings. The van der Waals surface area contributed by atoms with Crippen LogP contribution in [0.3, 0.4) is 0 Å². The molecular weight excluding hydrogens is 338 g/mol. The van der Waals surface area contributed by atoms with Crippen molar-refractivity contribution in [3.05, 3.63) is 47.8 Å². The molecule has 0 saturated carbocycles. The highest BCUT2D eigenvalue weighted by atomic mass is 16.5. The van der Waals surface area contributed by atoms with Crippen molar-refractivity contribution in [1.29, 1.82) is 0 Å². The van der Waals surface area contributed by atoms with E-state index in [2.05, 4.69) is 34.3 Å². The molecule has 0 bridgehead atoms. The number of guanidine groups is 1. The van der Waals surface area contributed by atoms with Gasteiger partial charge >= 0.3 is 0 Å². The summed E-state index contributed by atoms with van der Waals surface area (Å²) in [6.45, 7) is 7.86. The van der Waals surface area contributed by atoms with Crippen molar-refractivity contribution in [2.45, 2.75) is 45.6 Å². The zero-order valence-electron chi connectivity index (χ0n) is 16.4. The SMILES string of the molecule is CCNC(=NCCCc1cn[nH]c1C)N1CCC(Oc2ccccc2)CC1. The first-order chi connectivity index (χ1) is 13.3. The molecule has 2 N–H and O–H groups in total. The summed E-state index contributed by atoms with van der Waals surface area (Å²) in [5, 5.41) is 10.5. The molecule has 2 heterocycles. The van der Waals surface area contributed by atoms with Crippen LogP contribution in [-0.2, 0) is 6.42 Å². The van der Waals surface area contributed by atoms with Gasteiger partial charge < -0.3 is 15.0 Å². The molecule has 0 atom stereocenters. The number of para-hydroxylation sites is 1. The van der Waals surface area contributed by atoms with E-state index < -0.39 is 0 Å². The average molecular weight is 370 g/mol. The Hall–Kier alpha value is -2.50. The Balaban J connectivity index is 1.46. The van der Waals surface area contributed by atoms with Crippen molar-refractivity contribution in [2.24, 2.45) is 4.99 Å². The Labute approximate surface area is 162 Å². The average Bonchev–Trinajstić information content (AvgIpc) is 3.11. The quantitative estimate of drug-likeness (QED) is 0.447. The van der Waals surface area contributed by atoms with Gasteiger partial charge in [0.05, 0.1) is 6.20 Å². The zero-order valence-corrected chi connectivity index (χ0v) is 16.4. The minimum atomic E-state index is 0.288. The lowest BCUT2D eigenvalue weighted by atomic mass is 10.1. The smallest absolute Gasteiger partial charge is 0.193 e. The fraction of sp³-hybridized carbons (Fsp3) is 0.524. The highest BCUT2D eigenvalue weighted by molar-refractivity contribution is 5.80. The highest BCUT2D eigenvalue weighted by Crippen LogP contribution is 2.18. The van der Waals surface area contributed by atoms with E-state index in [9.17, 15) is 0 Å². The number of benzene rings is 1. The molecule has 0 unspecified atom stereocenters. The monoisotopic (exact) mass is 369 g/mol. The second kappa shape index (κ2) is 10.00. The van der Waals surface area contributed by atoms with Gasteiger partial charge in [0.2, 0.25) is 0 Å². The van der Waals surface area contributed by atoms with Crippen molar-refractivity contribution < 1.29 is 4.74 Å². The predicted molar refractivity (Wildman–Crippen MR) is 109 cm³/mol. The molecule has 3 rings (SSSR count). The normalized spacial score (nSPS) is 15.8. The van der Waals surface area contributed by atoms with Crippen LogP contribution in [0.4, 0.5) is 0 Å². The summed E-state index contributed by atoms with van der Waals surface area (Å²) >= 11 is 0. The fourth-order valence-corrected chi connectivity index (χ4v) is 3.38. The van der Waals surface area contributed by atoms with Gasteiger partial charge in [0.25, 0.3) is 0 Å². The molecule has 2 aromatic rings. The Morgan fingerprint density at radius 1 is 1.30 bits per heavy atom. The van der Waals surface area contributed by atoms with E-state index in [4.69, 9.17) is 9.73 Å². The van der Waals surface area contributed by atoms with Crippen molar-refractivity contribution in [3.8, 4) is 5.75 Å². The molecule has 1 saturated heterocycles. The van der Waals surface area contributed by atoms with Gasteiger partial charge in [-0.3, -0.25) is 10.1 Å². The number of ether oxygens (including phenoxy) is 1. The Morgan fingerprint density at radius 2 is 2.07 bits per heavy atom. The summed E-state index contributed by atoms with van der Waals surface area (Å²) < 4.78 is 6.10. The van der Waals surface area contributed by atoms with Crippen LogP contribution in [0.2, 0.25) is 0 Å². The van der Waals surface area contributed by atoms with Gasteiger partial charge in [0.15, 0.2) is 5.96 Å². The van der Waals surface area contributed by atoms with E-state index in [1.54, 1.807) is 0 Å². The minimum Gasteiger partial charge on any atom is -0.490 e. The highest BCUT2D eigenvalue weighted by Gasteiger charge is 2.22. The standard InChI is InChI=1S/C21H31N5O/c1-3-22-21(23-13-7-8-18-16-24-25-17(18)2)26-14-11-20(12-15-26)27-19-9-5-4-6-10-19/h4-6,9-10,16,20H,3,7-8,11-15H2,1-2H3,(H,22,23)(H,24,25). The Bertz CT molecular complexity index is 704. The molecule has 0 amide bonds. The van der Waals surface area contributed by atoms with Gasteiger partial charge in [-0.25, -0.2) is 0 Å². The molecule has 6 nitrogen and oxygen atoms in total. The third-order valence-electron chi connectivity index (χ3n) is 4.92. The number of likely N-dealkylation sites (tertiary alicyclic amines) is 1. The first-order valence-corrected chi connectivity index (χ1v) is 10.00. The maximum absolute atomic E-state index is 6.10. The number of hydrogen-bond acceptors (Lipinski definition) is 3. The number of aryl methyl sites for hydroxylation is 2. The van der Waals surface area contributed by atoms with E-state index >= 15 is 0 Å². The summed E-state index contributed by atoms with van der Waals surface area (Å²) in [5.41, 5.74) is 2.44. The third kappa shape index (κ3) is 5.74. The fourth-order valence-electron chi connectivity index (χ4n) is 3.38. The van der Waals surface area contributed by atoms with Crippen LogP contribution in [0.25, 0.3) is 0 Å². The van der Waals surface area contributed by atoms with Crippen LogP contribution in [0.5, 0.6) is 5.75 Å². The Kier molecular flexibility index (Phi) is 7.13. The number of aromatic amines is 1. The lowest BCUT2D eigenvalue weighted by Gasteiger charge is -2.34. The van der Waals surface area contributed by atoms with E-state index in [1.807, 2.05) is 36.5 Å². The molecule has 1 fully saturated rings. The second-order valence-electron chi connectivity index (χ2n) is 6.98. The molecule has 6 heteroatoms. The number of piperidine rings is 1. The van der Waals surface area contributed by atoms with Gasteiger partial charge in [-0.2, -0.15) is 5.10 Å². The van der Waals surface area contributed by atoms with E-state index in [-0.39, 0.29) is 6.10 Å². The van der Waals surface area contributed by atoms with E-state index in [0.29, 0.717) is 0 Å². The largest absolute Gasteiger partial charge is 0.490 e. The summed E-state index contributed by atoms with van der Waals surface area (Å²) in [4.78, 5) is 7.19. The predicted octanol–water partition coefficient (Wildman–Crippen LogP) is 3.16. The van der Waals surface area contributed by atoms with Crippen LogP contribution in [0, 0.1) is 6.92 Å². The molecule has 0 radical (unpaired) electrons. The number of nitrogens with one attached hydrogen (secondary N) is 2. The van der Waals surface area contributed by atoms with Crippen molar-refractivity contribution >= 4 is 5.96 Å². The summed E-state index contributed by atoms with van der Waals surface area (Å²) in [7, 11) is 0. The number of H-pyrrole nitrogens is 1. The number of aliphatic imine (C=N–C) groups is 1. The van der Waals surface area contributed by atoms with Crippen molar-refractivity contribution in [2.75, 3.05) is 26.2 Å². The van der Waals surface area contributed by atoms with E-state index in [1.165, 1.54) is 5.56 Å². The van der Waals surface area contributed by atoms with Crippen LogP contribution in [0.1, 0.15) is 37.4 Å². The van der Waals surface area contributed by atoms with Gasteiger partial charge in [-0.05, 0) is 44.4 Å². The summed E-state index contributed by atoms with van der Waals surface area (Å²) in [6.07, 6.45) is 6.29. The molecule has 146 valence electrons. The van der Waals surface area contributed by atoms with Crippen molar-refractivity contribution in [1.82, 2.24) is 20.4 Å². The van der Waals surface area contributed by atoms with Gasteiger partial charge in [-0.15, -0.1) is 0 Å². The van der Waals surface area contributed by atoms with Crippen LogP contribution in [0.15, 0.2) is 41.5 Å². The third-order valence-corrected chi connectivity index (χ3v) is 4.92. The minimum absolute atomic E-state index is 0.288. The van der Waals surface area contributed by atoms with Crippen LogP contribution >= 0.6 is 0 Å². The first-order valence-electron chi connectivity index (χ1n) is 10.00. The van der Waals surface area contributed by atoms with Crippen LogP contribution in [-0.4, -0.2) is 53.3 Å². The first kappa shape index (κ1) is 19.3. The summed E-state index contributed by atoms with van der Waals surface area (Å²) in [6, 6.07) is 10.1. The van der Waals surface area contributed by atoms with Crippen molar-refractivity contribution in [3.63, 3.8) is 0 Å². The number of aromatic nitrogens is 2. The van der Waals surface area contributed by atoms with Gasteiger partial charge in [-0.1, -0.05) is 18.2 Å². The lowest BCUT2D eigenvalue weighted by molar-refractivity contribution is 0.129. The topological polar surface area (TPSA) is 65.5 Å². The number of nitrogens with zero attached hydrogens (tertiary/aromatic N) is 3. The van der Waals surface area contributed by atoms with Gasteiger partial charge in [0, 0.05) is 44.7 Å². The molecule has 27 heavy (non-hydrogen) atoms. The number of hydrogen-bond donors (Lipinski definition) is 2. The molecule has 0 aliphatic carbocycles. The summed E-state index contributed by atoms with van der Waals surface area (Å²) in [5.74, 6) is 1.99. The molecule has 0 spiro atoms.